The molecule has 0 fully saturated rings. The van der Waals surface area contributed by atoms with Crippen molar-refractivity contribution in [3.8, 4) is 17.1 Å². The predicted molar refractivity (Wildman–Crippen MR) is 102 cm³/mol. The Bertz CT molecular complexity index is 1090. The summed E-state index contributed by atoms with van der Waals surface area (Å²) < 4.78 is 16.2. The Kier molecular flexibility index (Phi) is 5.21. The fourth-order valence-corrected chi connectivity index (χ4v) is 2.89. The first-order chi connectivity index (χ1) is 13.3. The number of carbonyl (C=O) groups excluding carboxylic acids is 2. The van der Waals surface area contributed by atoms with Crippen LogP contribution in [0.3, 0.4) is 0 Å². The van der Waals surface area contributed by atoms with Gasteiger partial charge in [0.15, 0.2) is 0 Å². The van der Waals surface area contributed by atoms with E-state index in [-0.39, 0.29) is 11.8 Å². The van der Waals surface area contributed by atoms with Gasteiger partial charge in [-0.05, 0) is 38.1 Å². The normalized spacial score (nSPS) is 12.0. The summed E-state index contributed by atoms with van der Waals surface area (Å²) in [5.41, 5.74) is 5.96. The maximum atomic E-state index is 12.4. The number of furan rings is 1. The number of methoxy groups -OCH3 is 1. The number of benzene rings is 1. The van der Waals surface area contributed by atoms with Gasteiger partial charge >= 0.3 is 5.63 Å². The number of ether oxygens (including phenoxy) is 1. The number of carbonyl (C=O) groups is 2. The minimum absolute atomic E-state index is 0.181. The number of nitrogens with one attached hydrogen (secondary N) is 1. The summed E-state index contributed by atoms with van der Waals surface area (Å²) in [5, 5.41) is 2.70. The van der Waals surface area contributed by atoms with E-state index < -0.39 is 23.5 Å². The third kappa shape index (κ3) is 3.75. The lowest BCUT2D eigenvalue weighted by Crippen LogP contribution is -2.42. The molecule has 0 unspecified atom stereocenters. The summed E-state index contributed by atoms with van der Waals surface area (Å²) in [6, 6.07) is 7.77. The molecule has 0 saturated carbocycles. The molecular formula is C20H20N2O6. The van der Waals surface area contributed by atoms with Crippen molar-refractivity contribution < 1.29 is 23.2 Å². The van der Waals surface area contributed by atoms with Crippen molar-refractivity contribution in [2.45, 2.75) is 26.3 Å². The van der Waals surface area contributed by atoms with Crippen molar-refractivity contribution in [1.29, 1.82) is 0 Å². The second kappa shape index (κ2) is 7.59. The lowest BCUT2D eigenvalue weighted by atomic mass is 10.0. The molecule has 0 radical (unpaired) electrons. The first-order valence-electron chi connectivity index (χ1n) is 8.59. The molecular weight excluding hydrogens is 364 g/mol. The van der Waals surface area contributed by atoms with E-state index in [1.165, 1.54) is 6.92 Å². The van der Waals surface area contributed by atoms with Gasteiger partial charge in [0, 0.05) is 17.2 Å². The topological polar surface area (TPSA) is 125 Å². The molecule has 2 aromatic heterocycles. The zero-order valence-electron chi connectivity index (χ0n) is 15.7. The third-order valence-corrected chi connectivity index (χ3v) is 4.32. The largest absolute Gasteiger partial charge is 0.497 e. The van der Waals surface area contributed by atoms with Gasteiger partial charge in [0.05, 0.1) is 13.5 Å². The molecule has 2 heterocycles. The van der Waals surface area contributed by atoms with Crippen LogP contribution in [0.4, 0.5) is 0 Å². The number of hydrogen-bond donors (Lipinski definition) is 2. The van der Waals surface area contributed by atoms with Gasteiger partial charge < -0.3 is 24.6 Å². The van der Waals surface area contributed by atoms with Crippen molar-refractivity contribution in [2.24, 2.45) is 5.73 Å². The predicted octanol–water partition coefficient (Wildman–Crippen LogP) is 1.90. The number of amides is 2. The number of hydrogen-bond acceptors (Lipinski definition) is 6. The van der Waals surface area contributed by atoms with Crippen LogP contribution in [0.25, 0.3) is 22.3 Å². The maximum absolute atomic E-state index is 12.4. The summed E-state index contributed by atoms with van der Waals surface area (Å²) in [5.74, 6) is 0.299. The zero-order valence-corrected chi connectivity index (χ0v) is 15.7. The van der Waals surface area contributed by atoms with E-state index in [0.29, 0.717) is 34.0 Å². The van der Waals surface area contributed by atoms with Crippen molar-refractivity contribution in [3.63, 3.8) is 0 Å². The van der Waals surface area contributed by atoms with Crippen LogP contribution in [0, 0.1) is 6.92 Å². The van der Waals surface area contributed by atoms with Crippen LogP contribution in [-0.4, -0.2) is 25.0 Å². The van der Waals surface area contributed by atoms with Crippen LogP contribution in [0.15, 0.2) is 44.0 Å². The van der Waals surface area contributed by atoms with Crippen molar-refractivity contribution in [1.82, 2.24) is 5.32 Å². The molecule has 0 bridgehead atoms. The van der Waals surface area contributed by atoms with Crippen LogP contribution in [0.1, 0.15) is 18.2 Å². The average molecular weight is 384 g/mol. The molecule has 8 nitrogen and oxygen atoms in total. The molecule has 3 rings (SSSR count). The summed E-state index contributed by atoms with van der Waals surface area (Å²) >= 11 is 0. The Morgan fingerprint density at radius 2 is 1.89 bits per heavy atom. The van der Waals surface area contributed by atoms with Gasteiger partial charge in [-0.2, -0.15) is 0 Å². The minimum atomic E-state index is -0.839. The second-order valence-electron chi connectivity index (χ2n) is 6.39. The van der Waals surface area contributed by atoms with E-state index in [2.05, 4.69) is 5.32 Å². The highest BCUT2D eigenvalue weighted by molar-refractivity contribution is 5.94. The highest BCUT2D eigenvalue weighted by Crippen LogP contribution is 2.33. The number of nitrogens with two attached hydrogens (primary N) is 1. The second-order valence-corrected chi connectivity index (χ2v) is 6.39. The monoisotopic (exact) mass is 384 g/mol. The van der Waals surface area contributed by atoms with E-state index in [1.54, 1.807) is 44.4 Å². The Morgan fingerprint density at radius 1 is 1.21 bits per heavy atom. The number of aryl methyl sites for hydroxylation is 1. The lowest BCUT2D eigenvalue weighted by molar-refractivity contribution is -0.126. The minimum Gasteiger partial charge on any atom is -0.497 e. The molecule has 0 spiro atoms. The van der Waals surface area contributed by atoms with Gasteiger partial charge in [-0.3, -0.25) is 9.59 Å². The Morgan fingerprint density at radius 3 is 2.50 bits per heavy atom. The highest BCUT2D eigenvalue weighted by atomic mass is 16.5. The summed E-state index contributed by atoms with van der Waals surface area (Å²) in [6.45, 7) is 3.12. The fourth-order valence-electron chi connectivity index (χ4n) is 2.89. The van der Waals surface area contributed by atoms with Crippen molar-refractivity contribution >= 4 is 22.8 Å². The molecule has 146 valence electrons. The van der Waals surface area contributed by atoms with Crippen LogP contribution in [-0.2, 0) is 16.0 Å². The Hall–Kier alpha value is -3.55. The average Bonchev–Trinajstić information content (AvgIpc) is 2.99. The zero-order chi connectivity index (χ0) is 20.4. The van der Waals surface area contributed by atoms with Crippen LogP contribution in [0.2, 0.25) is 0 Å². The molecule has 8 heteroatoms. The molecule has 3 N–H and O–H groups in total. The van der Waals surface area contributed by atoms with Crippen LogP contribution in [0.5, 0.6) is 5.75 Å². The van der Waals surface area contributed by atoms with E-state index in [9.17, 15) is 14.4 Å². The van der Waals surface area contributed by atoms with Crippen LogP contribution >= 0.6 is 0 Å². The lowest BCUT2D eigenvalue weighted by Gasteiger charge is -2.10. The first-order valence-corrected chi connectivity index (χ1v) is 8.59. The van der Waals surface area contributed by atoms with Gasteiger partial charge in [-0.15, -0.1) is 0 Å². The van der Waals surface area contributed by atoms with E-state index in [1.807, 2.05) is 0 Å². The molecule has 0 aliphatic heterocycles. The van der Waals surface area contributed by atoms with Gasteiger partial charge in [0.25, 0.3) is 0 Å². The quantitative estimate of drug-likeness (QED) is 0.669. The molecule has 2 amide bonds. The first kappa shape index (κ1) is 19.2. The highest BCUT2D eigenvalue weighted by Gasteiger charge is 2.23. The van der Waals surface area contributed by atoms with E-state index in [0.717, 1.165) is 0 Å². The van der Waals surface area contributed by atoms with Gasteiger partial charge in [-0.25, -0.2) is 4.79 Å². The molecule has 1 aromatic carbocycles. The third-order valence-electron chi connectivity index (χ3n) is 4.32. The summed E-state index contributed by atoms with van der Waals surface area (Å²) in [6.07, 6.45) is -0.181. The summed E-state index contributed by atoms with van der Waals surface area (Å²) in [4.78, 5) is 36.0. The molecule has 0 aliphatic rings. The van der Waals surface area contributed by atoms with Crippen molar-refractivity contribution in [2.75, 3.05) is 7.11 Å². The number of rotatable bonds is 6. The molecule has 0 saturated heterocycles. The molecule has 3 aromatic rings. The Balaban J connectivity index is 2.10. The van der Waals surface area contributed by atoms with Crippen molar-refractivity contribution in [3.05, 3.63) is 52.1 Å². The molecule has 0 aliphatic carbocycles. The standard InChI is InChI=1S/C20H20N2O6/c1-10-8-15-17(20(25)27-10)14(9-16(23)22-11(2)19(21)24)18(28-15)12-4-6-13(26-3)7-5-12/h4-8,11H,9H2,1-3H3,(H2,21,24)(H,22,23)/t11-/m0/s1. The SMILES string of the molecule is COc1ccc(-c2oc3cc(C)oc(=O)c3c2CC(=O)N[C@@H](C)C(N)=O)cc1. The summed E-state index contributed by atoms with van der Waals surface area (Å²) in [7, 11) is 1.56. The maximum Gasteiger partial charge on any atom is 0.347 e. The molecule has 28 heavy (non-hydrogen) atoms. The van der Waals surface area contributed by atoms with Crippen LogP contribution < -0.4 is 21.4 Å². The smallest absolute Gasteiger partial charge is 0.347 e. The number of fused-ring (bicyclic) bond motifs is 1. The Labute approximate surface area is 160 Å². The van der Waals surface area contributed by atoms with Gasteiger partial charge in [0.2, 0.25) is 11.8 Å². The fraction of sp³-hybridized carbons (Fsp3) is 0.250. The number of primary amides is 1. The van der Waals surface area contributed by atoms with Gasteiger partial charge in [-0.1, -0.05) is 0 Å². The molecule has 1 atom stereocenters. The van der Waals surface area contributed by atoms with E-state index >= 15 is 0 Å². The van der Waals surface area contributed by atoms with E-state index in [4.69, 9.17) is 19.3 Å². The van der Waals surface area contributed by atoms with Gasteiger partial charge in [0.1, 0.15) is 34.3 Å².